The fourth-order valence-corrected chi connectivity index (χ4v) is 4.19. The molecule has 2 aliphatic heterocycles. The van der Waals surface area contributed by atoms with E-state index in [0.717, 1.165) is 0 Å². The van der Waals surface area contributed by atoms with Gasteiger partial charge in [0.15, 0.2) is 9.84 Å². The summed E-state index contributed by atoms with van der Waals surface area (Å²) in [6.45, 7) is 0.629. The number of nitrogens with one attached hydrogen (secondary N) is 1. The molecule has 0 radical (unpaired) electrons. The summed E-state index contributed by atoms with van der Waals surface area (Å²) >= 11 is 0. The highest BCUT2D eigenvalue weighted by molar-refractivity contribution is 7.91. The van der Waals surface area contributed by atoms with Crippen molar-refractivity contribution in [1.82, 2.24) is 10.3 Å². The molecule has 1 saturated heterocycles. The van der Waals surface area contributed by atoms with Gasteiger partial charge in [0.1, 0.15) is 5.71 Å². The number of hydrogen-bond donors (Lipinski definition) is 1. The van der Waals surface area contributed by atoms with Crippen molar-refractivity contribution in [3.8, 4) is 0 Å². The first-order chi connectivity index (χ1) is 9.93. The lowest BCUT2D eigenvalue weighted by Gasteiger charge is -2.29. The van der Waals surface area contributed by atoms with Crippen molar-refractivity contribution in [3.05, 3.63) is 0 Å². The van der Waals surface area contributed by atoms with Gasteiger partial charge < -0.3 is 9.64 Å². The maximum absolute atomic E-state index is 12.5. The Labute approximate surface area is 123 Å². The molecule has 0 bridgehead atoms. The predicted molar refractivity (Wildman–Crippen MR) is 75.5 cm³/mol. The first-order valence-corrected chi connectivity index (χ1v) is 8.61. The number of sulfone groups is 1. The third kappa shape index (κ3) is 4.01. The molecule has 0 spiro atoms. The van der Waals surface area contributed by atoms with Crippen molar-refractivity contribution in [3.63, 3.8) is 0 Å². The van der Waals surface area contributed by atoms with E-state index in [1.807, 2.05) is 0 Å². The van der Waals surface area contributed by atoms with Crippen LogP contribution < -0.4 is 5.43 Å². The Morgan fingerprint density at radius 2 is 2.24 bits per heavy atom. The van der Waals surface area contributed by atoms with E-state index in [9.17, 15) is 18.0 Å². The number of rotatable bonds is 5. The number of amides is 2. The first-order valence-electron chi connectivity index (χ1n) is 6.78. The topological polar surface area (TPSA) is 105 Å². The van der Waals surface area contributed by atoms with Crippen LogP contribution in [0.15, 0.2) is 5.10 Å². The normalized spacial score (nSPS) is 24.3. The van der Waals surface area contributed by atoms with Gasteiger partial charge in [-0.2, -0.15) is 5.10 Å². The van der Waals surface area contributed by atoms with Gasteiger partial charge in [-0.3, -0.25) is 9.59 Å². The Morgan fingerprint density at radius 1 is 1.48 bits per heavy atom. The molecule has 0 saturated carbocycles. The minimum Gasteiger partial charge on any atom is -0.383 e. The molecule has 8 nitrogen and oxygen atoms in total. The zero-order valence-electron chi connectivity index (χ0n) is 11.9. The van der Waals surface area contributed by atoms with E-state index in [4.69, 9.17) is 4.74 Å². The second kappa shape index (κ2) is 6.52. The van der Waals surface area contributed by atoms with Crippen LogP contribution in [-0.2, 0) is 24.2 Å². The largest absolute Gasteiger partial charge is 0.383 e. The molecule has 0 aliphatic carbocycles. The SMILES string of the molecule is COCCN(C(=O)C1=NNC(=O)CC1)C1CCS(=O)(=O)C1. The molecule has 0 aromatic rings. The molecule has 9 heteroatoms. The second-order valence-corrected chi connectivity index (χ2v) is 7.37. The Morgan fingerprint density at radius 3 is 2.76 bits per heavy atom. The van der Waals surface area contributed by atoms with Crippen LogP contribution >= 0.6 is 0 Å². The number of carbonyl (C=O) groups is 2. The average Bonchev–Trinajstić information content (AvgIpc) is 2.80. The molecule has 1 fully saturated rings. The molecule has 1 N–H and O–H groups in total. The summed E-state index contributed by atoms with van der Waals surface area (Å²) < 4.78 is 28.2. The van der Waals surface area contributed by atoms with Crippen molar-refractivity contribution in [2.45, 2.75) is 25.3 Å². The number of ether oxygens (including phenoxy) is 1. The maximum atomic E-state index is 12.5. The predicted octanol–water partition coefficient (Wildman–Crippen LogP) is -1.09. The molecule has 0 aromatic carbocycles. The van der Waals surface area contributed by atoms with Crippen LogP contribution in [-0.4, -0.2) is 68.7 Å². The summed E-state index contributed by atoms with van der Waals surface area (Å²) in [5.41, 5.74) is 2.54. The summed E-state index contributed by atoms with van der Waals surface area (Å²) in [4.78, 5) is 25.1. The van der Waals surface area contributed by atoms with Crippen molar-refractivity contribution in [2.75, 3.05) is 31.8 Å². The highest BCUT2D eigenvalue weighted by atomic mass is 32.2. The molecular formula is C12H19N3O5S. The average molecular weight is 317 g/mol. The van der Waals surface area contributed by atoms with Gasteiger partial charge in [-0.25, -0.2) is 13.8 Å². The van der Waals surface area contributed by atoms with Gasteiger partial charge in [0.05, 0.1) is 18.1 Å². The van der Waals surface area contributed by atoms with Gasteiger partial charge in [-0.15, -0.1) is 0 Å². The van der Waals surface area contributed by atoms with Gasteiger partial charge in [-0.1, -0.05) is 0 Å². The first kappa shape index (κ1) is 15.9. The minimum atomic E-state index is -3.08. The van der Waals surface area contributed by atoms with Gasteiger partial charge in [0.2, 0.25) is 5.91 Å². The summed E-state index contributed by atoms with van der Waals surface area (Å²) in [5, 5.41) is 3.78. The summed E-state index contributed by atoms with van der Waals surface area (Å²) in [6, 6.07) is -0.349. The molecule has 21 heavy (non-hydrogen) atoms. The number of hydrazone groups is 1. The molecule has 2 rings (SSSR count). The third-order valence-electron chi connectivity index (χ3n) is 3.60. The van der Waals surface area contributed by atoms with Crippen LogP contribution in [0.1, 0.15) is 19.3 Å². The lowest BCUT2D eigenvalue weighted by molar-refractivity contribution is -0.127. The van der Waals surface area contributed by atoms with Crippen molar-refractivity contribution < 1.29 is 22.7 Å². The Hall–Kier alpha value is -1.48. The third-order valence-corrected chi connectivity index (χ3v) is 5.35. The molecule has 2 heterocycles. The summed E-state index contributed by atoms with van der Waals surface area (Å²) in [5.74, 6) is -0.479. The number of carbonyl (C=O) groups excluding carboxylic acids is 2. The van der Waals surface area contributed by atoms with E-state index in [-0.39, 0.29) is 47.9 Å². The summed E-state index contributed by atoms with van der Waals surface area (Å²) in [7, 11) is -1.56. The quantitative estimate of drug-likeness (QED) is 0.694. The molecule has 118 valence electrons. The van der Waals surface area contributed by atoms with Crippen LogP contribution in [0.3, 0.4) is 0 Å². The highest BCUT2D eigenvalue weighted by Gasteiger charge is 2.36. The zero-order chi connectivity index (χ0) is 15.5. The Balaban J connectivity index is 2.12. The Bertz CT molecular complexity index is 557. The van der Waals surface area contributed by atoms with Gasteiger partial charge in [0, 0.05) is 32.5 Å². The smallest absolute Gasteiger partial charge is 0.270 e. The molecule has 2 amide bonds. The Kier molecular flexibility index (Phi) is 4.94. The van der Waals surface area contributed by atoms with Crippen LogP contribution in [0.25, 0.3) is 0 Å². The highest BCUT2D eigenvalue weighted by Crippen LogP contribution is 2.19. The minimum absolute atomic E-state index is 0.0257. The lowest BCUT2D eigenvalue weighted by Crippen LogP contribution is -2.47. The van der Waals surface area contributed by atoms with Crippen molar-refractivity contribution >= 4 is 27.4 Å². The van der Waals surface area contributed by atoms with Gasteiger partial charge >= 0.3 is 0 Å². The number of nitrogens with zero attached hydrogens (tertiary/aromatic N) is 2. The summed E-state index contributed by atoms with van der Waals surface area (Å²) in [6.07, 6.45) is 0.913. The van der Waals surface area contributed by atoms with E-state index in [1.165, 1.54) is 12.0 Å². The van der Waals surface area contributed by atoms with Crippen LogP contribution in [0, 0.1) is 0 Å². The van der Waals surface area contributed by atoms with Crippen molar-refractivity contribution in [1.29, 1.82) is 0 Å². The molecule has 2 aliphatic rings. The van der Waals surface area contributed by atoms with E-state index in [1.54, 1.807) is 0 Å². The van der Waals surface area contributed by atoms with Crippen molar-refractivity contribution in [2.24, 2.45) is 5.10 Å². The maximum Gasteiger partial charge on any atom is 0.270 e. The fourth-order valence-electron chi connectivity index (χ4n) is 2.45. The number of hydrogen-bond acceptors (Lipinski definition) is 6. The molecular weight excluding hydrogens is 298 g/mol. The van der Waals surface area contributed by atoms with E-state index in [0.29, 0.717) is 19.6 Å². The van der Waals surface area contributed by atoms with Crippen LogP contribution in [0.4, 0.5) is 0 Å². The van der Waals surface area contributed by atoms with E-state index in [2.05, 4.69) is 10.5 Å². The van der Waals surface area contributed by atoms with Gasteiger partial charge in [-0.05, 0) is 6.42 Å². The van der Waals surface area contributed by atoms with Crippen LogP contribution in [0.2, 0.25) is 0 Å². The second-order valence-electron chi connectivity index (χ2n) is 5.14. The van der Waals surface area contributed by atoms with E-state index >= 15 is 0 Å². The number of methoxy groups -OCH3 is 1. The zero-order valence-corrected chi connectivity index (χ0v) is 12.7. The van der Waals surface area contributed by atoms with Crippen LogP contribution in [0.5, 0.6) is 0 Å². The standard InChI is InChI=1S/C12H19N3O5S/c1-20-6-5-15(9-4-7-21(18,19)8-9)12(17)10-2-3-11(16)14-13-10/h9H,2-8H2,1H3,(H,14,16). The van der Waals surface area contributed by atoms with Gasteiger partial charge in [0.25, 0.3) is 5.91 Å². The lowest BCUT2D eigenvalue weighted by atomic mass is 10.1. The molecule has 1 unspecified atom stereocenters. The fraction of sp³-hybridized carbons (Fsp3) is 0.750. The monoisotopic (exact) mass is 317 g/mol. The van der Waals surface area contributed by atoms with E-state index < -0.39 is 9.84 Å². The molecule has 1 atom stereocenters. The molecule has 0 aromatic heterocycles.